The maximum atomic E-state index is 5.54. The first-order valence-electron chi connectivity index (χ1n) is 7.96. The molecule has 23 heavy (non-hydrogen) atoms. The van der Waals surface area contributed by atoms with E-state index in [1.54, 1.807) is 12.7 Å². The monoisotopic (exact) mass is 309 g/mol. The Bertz CT molecular complexity index is 737. The molecular weight excluding hydrogens is 290 g/mol. The Morgan fingerprint density at radius 2 is 2.13 bits per heavy atom. The molecule has 0 bridgehead atoms. The number of likely N-dealkylation sites (tertiary alicyclic amines) is 1. The Hall–Kier alpha value is -2.47. The average molecular weight is 309 g/mol. The molecule has 1 aliphatic heterocycles. The van der Waals surface area contributed by atoms with Gasteiger partial charge in [0.1, 0.15) is 18.3 Å². The third-order valence-electron chi connectivity index (χ3n) is 4.35. The highest BCUT2D eigenvalue weighted by molar-refractivity contribution is 5.58. The van der Waals surface area contributed by atoms with Crippen molar-refractivity contribution in [2.75, 3.05) is 6.54 Å². The summed E-state index contributed by atoms with van der Waals surface area (Å²) in [6.07, 6.45) is 5.75. The van der Waals surface area contributed by atoms with Crippen molar-refractivity contribution in [1.29, 1.82) is 0 Å². The first kappa shape index (κ1) is 14.1. The number of rotatable bonds is 5. The van der Waals surface area contributed by atoms with Crippen molar-refractivity contribution in [2.24, 2.45) is 0 Å². The summed E-state index contributed by atoms with van der Waals surface area (Å²) in [5, 5.41) is 8.41. The van der Waals surface area contributed by atoms with Crippen molar-refractivity contribution >= 4 is 0 Å². The number of hydrogen-bond donors (Lipinski definition) is 0. The van der Waals surface area contributed by atoms with Gasteiger partial charge in [0.05, 0.1) is 13.1 Å². The van der Waals surface area contributed by atoms with Crippen molar-refractivity contribution < 1.29 is 4.52 Å². The quantitative estimate of drug-likeness (QED) is 0.725. The topological polar surface area (TPSA) is 60.0 Å². The molecule has 2 aromatic heterocycles. The van der Waals surface area contributed by atoms with E-state index in [2.05, 4.69) is 20.1 Å². The summed E-state index contributed by atoms with van der Waals surface area (Å²) >= 11 is 0. The summed E-state index contributed by atoms with van der Waals surface area (Å²) in [6, 6.07) is 12.6. The van der Waals surface area contributed by atoms with Crippen LogP contribution in [0.4, 0.5) is 0 Å². The van der Waals surface area contributed by atoms with Crippen LogP contribution >= 0.6 is 0 Å². The van der Waals surface area contributed by atoms with E-state index < -0.39 is 0 Å². The lowest BCUT2D eigenvalue weighted by atomic mass is 10.1. The molecule has 1 fully saturated rings. The second kappa shape index (κ2) is 6.34. The van der Waals surface area contributed by atoms with Crippen LogP contribution in [0, 0.1) is 0 Å². The van der Waals surface area contributed by atoms with Gasteiger partial charge in [0, 0.05) is 17.7 Å². The third kappa shape index (κ3) is 3.17. The van der Waals surface area contributed by atoms with Crippen LogP contribution in [0.5, 0.6) is 0 Å². The summed E-state index contributed by atoms with van der Waals surface area (Å²) in [7, 11) is 0. The van der Waals surface area contributed by atoms with Crippen molar-refractivity contribution in [3.8, 4) is 11.3 Å². The van der Waals surface area contributed by atoms with E-state index in [1.807, 2.05) is 41.1 Å². The molecule has 4 rings (SSSR count). The van der Waals surface area contributed by atoms with Gasteiger partial charge in [-0.25, -0.2) is 4.98 Å². The molecule has 1 saturated heterocycles. The second-order valence-corrected chi connectivity index (χ2v) is 5.93. The standard InChI is InChI=1S/C17H19N5O/c1-2-5-14(6-3-1)17-9-16(23-20-17)11-21-8-4-7-15(21)10-22-13-18-12-19-22/h1-3,5-6,9,12-13,15H,4,7-8,10-11H2/t15-/m0/s1. The molecule has 0 saturated carbocycles. The summed E-state index contributed by atoms with van der Waals surface area (Å²) in [4.78, 5) is 6.46. The highest BCUT2D eigenvalue weighted by atomic mass is 16.5. The van der Waals surface area contributed by atoms with E-state index in [-0.39, 0.29) is 0 Å². The molecule has 1 aromatic carbocycles. The number of hydrogen-bond acceptors (Lipinski definition) is 5. The van der Waals surface area contributed by atoms with Crippen LogP contribution in [0.3, 0.4) is 0 Å². The molecule has 3 aromatic rings. The van der Waals surface area contributed by atoms with Gasteiger partial charge in [-0.2, -0.15) is 5.10 Å². The van der Waals surface area contributed by atoms with Gasteiger partial charge in [0.2, 0.25) is 0 Å². The Balaban J connectivity index is 1.44. The minimum absolute atomic E-state index is 0.474. The highest BCUT2D eigenvalue weighted by Crippen LogP contribution is 2.24. The zero-order valence-corrected chi connectivity index (χ0v) is 12.9. The molecule has 0 N–H and O–H groups in total. The maximum absolute atomic E-state index is 5.54. The molecule has 1 aliphatic rings. The summed E-state index contributed by atoms with van der Waals surface area (Å²) in [5.41, 5.74) is 1.98. The van der Waals surface area contributed by atoms with Gasteiger partial charge in [0.25, 0.3) is 0 Å². The first-order chi connectivity index (χ1) is 11.4. The molecule has 0 radical (unpaired) electrons. The van der Waals surface area contributed by atoms with Gasteiger partial charge in [-0.15, -0.1) is 0 Å². The number of aromatic nitrogens is 4. The summed E-state index contributed by atoms with van der Waals surface area (Å²) in [6.45, 7) is 2.75. The Kier molecular flexibility index (Phi) is 3.90. The minimum Gasteiger partial charge on any atom is -0.359 e. The fourth-order valence-electron chi connectivity index (χ4n) is 3.19. The van der Waals surface area contributed by atoms with Crippen LogP contribution in [0.15, 0.2) is 53.6 Å². The van der Waals surface area contributed by atoms with Crippen molar-refractivity contribution in [1.82, 2.24) is 24.8 Å². The van der Waals surface area contributed by atoms with E-state index in [1.165, 1.54) is 12.8 Å². The molecule has 0 unspecified atom stereocenters. The normalized spacial score (nSPS) is 18.5. The van der Waals surface area contributed by atoms with Crippen LogP contribution < -0.4 is 0 Å². The molecule has 1 atom stereocenters. The summed E-state index contributed by atoms with van der Waals surface area (Å²) < 4.78 is 7.44. The fraction of sp³-hybridized carbons (Fsp3) is 0.353. The number of benzene rings is 1. The average Bonchev–Trinajstić information content (AvgIpc) is 3.33. The molecule has 0 spiro atoms. The molecule has 6 heteroatoms. The Morgan fingerprint density at radius 3 is 2.96 bits per heavy atom. The molecule has 6 nitrogen and oxygen atoms in total. The molecule has 118 valence electrons. The maximum Gasteiger partial charge on any atom is 0.151 e. The lowest BCUT2D eigenvalue weighted by Gasteiger charge is -2.22. The summed E-state index contributed by atoms with van der Waals surface area (Å²) in [5.74, 6) is 0.911. The minimum atomic E-state index is 0.474. The smallest absolute Gasteiger partial charge is 0.151 e. The fourth-order valence-corrected chi connectivity index (χ4v) is 3.19. The number of nitrogens with zero attached hydrogens (tertiary/aromatic N) is 5. The van der Waals surface area contributed by atoms with E-state index in [0.717, 1.165) is 36.7 Å². The molecule has 3 heterocycles. The van der Waals surface area contributed by atoms with Crippen molar-refractivity contribution in [3.63, 3.8) is 0 Å². The lowest BCUT2D eigenvalue weighted by molar-refractivity contribution is 0.195. The zero-order chi connectivity index (χ0) is 15.5. The van der Waals surface area contributed by atoms with E-state index in [4.69, 9.17) is 4.52 Å². The van der Waals surface area contributed by atoms with E-state index in [9.17, 15) is 0 Å². The molecular formula is C17H19N5O. The zero-order valence-electron chi connectivity index (χ0n) is 12.9. The van der Waals surface area contributed by atoms with Crippen LogP contribution in [-0.2, 0) is 13.1 Å². The largest absolute Gasteiger partial charge is 0.359 e. The van der Waals surface area contributed by atoms with Crippen LogP contribution in [-0.4, -0.2) is 37.4 Å². The van der Waals surface area contributed by atoms with Crippen LogP contribution in [0.25, 0.3) is 11.3 Å². The molecule has 0 amide bonds. The van der Waals surface area contributed by atoms with Gasteiger partial charge in [-0.05, 0) is 19.4 Å². The predicted molar refractivity (Wildman–Crippen MR) is 85.4 cm³/mol. The Morgan fingerprint density at radius 1 is 1.22 bits per heavy atom. The van der Waals surface area contributed by atoms with Crippen LogP contribution in [0.1, 0.15) is 18.6 Å². The van der Waals surface area contributed by atoms with Crippen LogP contribution in [0.2, 0.25) is 0 Å². The van der Waals surface area contributed by atoms with Crippen molar-refractivity contribution in [3.05, 3.63) is 54.8 Å². The predicted octanol–water partition coefficient (Wildman–Crippen LogP) is 2.60. The van der Waals surface area contributed by atoms with Gasteiger partial charge in [-0.1, -0.05) is 35.5 Å². The highest BCUT2D eigenvalue weighted by Gasteiger charge is 2.26. The van der Waals surface area contributed by atoms with E-state index in [0.29, 0.717) is 6.04 Å². The van der Waals surface area contributed by atoms with Gasteiger partial charge in [0.15, 0.2) is 5.76 Å². The van der Waals surface area contributed by atoms with Gasteiger partial charge >= 0.3 is 0 Å². The third-order valence-corrected chi connectivity index (χ3v) is 4.35. The van der Waals surface area contributed by atoms with Crippen molar-refractivity contribution in [2.45, 2.75) is 32.0 Å². The van der Waals surface area contributed by atoms with E-state index >= 15 is 0 Å². The Labute approximate surface area is 134 Å². The SMILES string of the molecule is c1ccc(-c2cc(CN3CCC[C@H]3Cn3cncn3)on2)cc1. The lowest BCUT2D eigenvalue weighted by Crippen LogP contribution is -2.32. The van der Waals surface area contributed by atoms with Gasteiger partial charge < -0.3 is 4.52 Å². The van der Waals surface area contributed by atoms with Gasteiger partial charge in [-0.3, -0.25) is 9.58 Å². The second-order valence-electron chi connectivity index (χ2n) is 5.93. The molecule has 0 aliphatic carbocycles. The first-order valence-corrected chi connectivity index (χ1v) is 7.96.